The van der Waals surface area contributed by atoms with E-state index >= 15 is 0 Å². The topological polar surface area (TPSA) is 75.2 Å². The molecule has 1 unspecified atom stereocenters. The maximum absolute atomic E-state index is 12.4. The van der Waals surface area contributed by atoms with Crippen LogP contribution in [0.15, 0.2) is 36.1 Å². The summed E-state index contributed by atoms with van der Waals surface area (Å²) in [6, 6.07) is 3.67. The van der Waals surface area contributed by atoms with Crippen molar-refractivity contribution in [3.8, 4) is 0 Å². The fourth-order valence-corrected chi connectivity index (χ4v) is 3.36. The number of carbonyl (C=O) groups excluding carboxylic acids is 2. The Hall–Kier alpha value is -2.28. The first-order chi connectivity index (χ1) is 11.2. The minimum Gasteiger partial charge on any atom is -0.351 e. The number of aromatic nitrogens is 2. The Morgan fingerprint density at radius 1 is 1.39 bits per heavy atom. The quantitative estimate of drug-likeness (QED) is 0.928. The van der Waals surface area contributed by atoms with Crippen LogP contribution in [-0.2, 0) is 0 Å². The number of nitrogens with zero attached hydrogens (tertiary/aromatic N) is 3. The number of likely N-dealkylation sites (tertiary alicyclic amines) is 1. The fourth-order valence-electron chi connectivity index (χ4n) is 2.72. The van der Waals surface area contributed by atoms with Gasteiger partial charge in [-0.15, -0.1) is 11.3 Å². The third-order valence-corrected chi connectivity index (χ3v) is 4.75. The lowest BCUT2D eigenvalue weighted by molar-refractivity contribution is 0.0664. The standard InChI is InChI=1S/C16H18N4O2S/c21-15(14-4-2-8-23-14)19-9-12-3-1-7-20(11-12)16(22)13-10-17-5-6-18-13/h2,4-6,8,10,12H,1,3,7,9,11H2,(H,19,21). The van der Waals surface area contributed by atoms with Crippen LogP contribution in [0.2, 0.25) is 0 Å². The van der Waals surface area contributed by atoms with Gasteiger partial charge in [-0.3, -0.25) is 14.6 Å². The van der Waals surface area contributed by atoms with Gasteiger partial charge in [0.25, 0.3) is 11.8 Å². The van der Waals surface area contributed by atoms with Crippen molar-refractivity contribution >= 4 is 23.2 Å². The summed E-state index contributed by atoms with van der Waals surface area (Å²) in [6.07, 6.45) is 6.51. The summed E-state index contributed by atoms with van der Waals surface area (Å²) < 4.78 is 0. The van der Waals surface area contributed by atoms with E-state index in [0.29, 0.717) is 23.7 Å². The maximum Gasteiger partial charge on any atom is 0.274 e. The summed E-state index contributed by atoms with van der Waals surface area (Å²) in [7, 11) is 0. The molecule has 2 amide bonds. The van der Waals surface area contributed by atoms with Crippen LogP contribution in [-0.4, -0.2) is 46.3 Å². The zero-order valence-corrected chi connectivity index (χ0v) is 13.5. The molecular formula is C16H18N4O2S. The molecule has 120 valence electrons. The molecule has 0 bridgehead atoms. The molecular weight excluding hydrogens is 312 g/mol. The molecule has 2 aromatic rings. The third kappa shape index (κ3) is 3.92. The fraction of sp³-hybridized carbons (Fsp3) is 0.375. The van der Waals surface area contributed by atoms with Crippen LogP contribution in [0.25, 0.3) is 0 Å². The summed E-state index contributed by atoms with van der Waals surface area (Å²) in [5.74, 6) is 0.137. The number of thiophene rings is 1. The number of carbonyl (C=O) groups is 2. The van der Waals surface area contributed by atoms with E-state index in [9.17, 15) is 9.59 Å². The number of hydrogen-bond donors (Lipinski definition) is 1. The number of hydrogen-bond acceptors (Lipinski definition) is 5. The zero-order chi connectivity index (χ0) is 16.1. The summed E-state index contributed by atoms with van der Waals surface area (Å²) in [5, 5.41) is 4.85. The van der Waals surface area contributed by atoms with Crippen LogP contribution in [0.3, 0.4) is 0 Å². The summed E-state index contributed by atoms with van der Waals surface area (Å²) in [5.41, 5.74) is 0.371. The highest BCUT2D eigenvalue weighted by Gasteiger charge is 2.25. The van der Waals surface area contributed by atoms with Crippen LogP contribution in [0, 0.1) is 5.92 Å². The van der Waals surface area contributed by atoms with E-state index in [0.717, 1.165) is 19.4 Å². The smallest absolute Gasteiger partial charge is 0.274 e. The molecule has 0 radical (unpaired) electrons. The van der Waals surface area contributed by atoms with E-state index < -0.39 is 0 Å². The van der Waals surface area contributed by atoms with Crippen LogP contribution in [0.1, 0.15) is 33.0 Å². The Morgan fingerprint density at radius 3 is 3.04 bits per heavy atom. The van der Waals surface area contributed by atoms with Crippen molar-refractivity contribution in [1.82, 2.24) is 20.2 Å². The van der Waals surface area contributed by atoms with Crippen LogP contribution in [0.5, 0.6) is 0 Å². The highest BCUT2D eigenvalue weighted by molar-refractivity contribution is 7.12. The SMILES string of the molecule is O=C(NCC1CCCN(C(=O)c2cnccn2)C1)c1cccs1. The van der Waals surface area contributed by atoms with Crippen molar-refractivity contribution in [1.29, 1.82) is 0 Å². The molecule has 0 aromatic carbocycles. The minimum absolute atomic E-state index is 0.0441. The number of rotatable bonds is 4. The lowest BCUT2D eigenvalue weighted by Crippen LogP contribution is -2.43. The predicted molar refractivity (Wildman–Crippen MR) is 87.3 cm³/mol. The van der Waals surface area contributed by atoms with E-state index in [1.54, 1.807) is 11.1 Å². The average Bonchev–Trinajstić information content (AvgIpc) is 3.15. The van der Waals surface area contributed by atoms with E-state index in [1.165, 1.54) is 23.7 Å². The van der Waals surface area contributed by atoms with Crippen molar-refractivity contribution in [2.45, 2.75) is 12.8 Å². The largest absolute Gasteiger partial charge is 0.351 e. The molecule has 3 rings (SSSR count). The Kier molecular flexibility index (Phi) is 4.97. The number of nitrogens with one attached hydrogen (secondary N) is 1. The Balaban J connectivity index is 1.54. The van der Waals surface area contributed by atoms with Crippen molar-refractivity contribution < 1.29 is 9.59 Å². The van der Waals surface area contributed by atoms with Gasteiger partial charge in [0, 0.05) is 32.0 Å². The molecule has 3 heterocycles. The van der Waals surface area contributed by atoms with Gasteiger partial charge >= 0.3 is 0 Å². The molecule has 6 nitrogen and oxygen atoms in total. The molecule has 1 aliphatic heterocycles. The second-order valence-electron chi connectivity index (χ2n) is 5.54. The van der Waals surface area contributed by atoms with E-state index in [-0.39, 0.29) is 17.7 Å². The van der Waals surface area contributed by atoms with E-state index in [2.05, 4.69) is 15.3 Å². The summed E-state index contributed by atoms with van der Waals surface area (Å²) in [4.78, 5) is 34.9. The van der Waals surface area contributed by atoms with Crippen molar-refractivity contribution in [3.63, 3.8) is 0 Å². The van der Waals surface area contributed by atoms with Crippen LogP contribution in [0.4, 0.5) is 0 Å². The monoisotopic (exact) mass is 330 g/mol. The molecule has 7 heteroatoms. The lowest BCUT2D eigenvalue weighted by Gasteiger charge is -2.32. The van der Waals surface area contributed by atoms with Gasteiger partial charge in [-0.1, -0.05) is 6.07 Å². The molecule has 1 atom stereocenters. The molecule has 1 fully saturated rings. The normalized spacial score (nSPS) is 17.7. The van der Waals surface area contributed by atoms with E-state index in [1.807, 2.05) is 17.5 Å². The van der Waals surface area contributed by atoms with Gasteiger partial charge in [-0.05, 0) is 30.2 Å². The number of piperidine rings is 1. The molecule has 1 N–H and O–H groups in total. The van der Waals surface area contributed by atoms with Gasteiger partial charge < -0.3 is 10.2 Å². The predicted octanol–water partition coefficient (Wildman–Crippen LogP) is 1.82. The van der Waals surface area contributed by atoms with E-state index in [4.69, 9.17) is 0 Å². The zero-order valence-electron chi connectivity index (χ0n) is 12.6. The van der Waals surface area contributed by atoms with Crippen molar-refractivity contribution in [3.05, 3.63) is 46.7 Å². The number of amides is 2. The van der Waals surface area contributed by atoms with Gasteiger partial charge in [0.05, 0.1) is 11.1 Å². The van der Waals surface area contributed by atoms with Crippen molar-refractivity contribution in [2.24, 2.45) is 5.92 Å². The first-order valence-electron chi connectivity index (χ1n) is 7.61. The summed E-state index contributed by atoms with van der Waals surface area (Å²) >= 11 is 1.43. The van der Waals surface area contributed by atoms with Gasteiger partial charge in [0.2, 0.25) is 0 Å². The molecule has 0 aliphatic carbocycles. The lowest BCUT2D eigenvalue weighted by atomic mass is 9.97. The second kappa shape index (κ2) is 7.32. The first-order valence-corrected chi connectivity index (χ1v) is 8.49. The van der Waals surface area contributed by atoms with Gasteiger partial charge in [-0.2, -0.15) is 0 Å². The van der Waals surface area contributed by atoms with Gasteiger partial charge in [0.1, 0.15) is 5.69 Å². The Bertz CT molecular complexity index is 660. The third-order valence-electron chi connectivity index (χ3n) is 3.88. The molecule has 0 saturated carbocycles. The van der Waals surface area contributed by atoms with Crippen LogP contribution >= 0.6 is 11.3 Å². The van der Waals surface area contributed by atoms with Crippen LogP contribution < -0.4 is 5.32 Å². The highest BCUT2D eigenvalue weighted by atomic mass is 32.1. The molecule has 0 spiro atoms. The second-order valence-corrected chi connectivity index (χ2v) is 6.49. The first kappa shape index (κ1) is 15.6. The summed E-state index contributed by atoms with van der Waals surface area (Å²) in [6.45, 7) is 1.95. The van der Waals surface area contributed by atoms with Gasteiger partial charge in [-0.25, -0.2) is 4.98 Å². The molecule has 23 heavy (non-hydrogen) atoms. The van der Waals surface area contributed by atoms with Crippen molar-refractivity contribution in [2.75, 3.05) is 19.6 Å². The van der Waals surface area contributed by atoms with Gasteiger partial charge in [0.15, 0.2) is 0 Å². The highest BCUT2D eigenvalue weighted by Crippen LogP contribution is 2.18. The Labute approximate surface area is 138 Å². The average molecular weight is 330 g/mol. The maximum atomic E-state index is 12.4. The molecule has 1 aliphatic rings. The Morgan fingerprint density at radius 2 is 2.30 bits per heavy atom. The minimum atomic E-state index is -0.0904. The molecule has 2 aromatic heterocycles. The molecule has 1 saturated heterocycles.